The third-order valence-corrected chi connectivity index (χ3v) is 6.15. The van der Waals surface area contributed by atoms with E-state index in [-0.39, 0.29) is 28.9 Å². The van der Waals surface area contributed by atoms with Gasteiger partial charge < -0.3 is 15.5 Å². The van der Waals surface area contributed by atoms with Crippen molar-refractivity contribution in [3.8, 4) is 0 Å². The molecule has 1 heterocycles. The second kappa shape index (κ2) is 9.67. The van der Waals surface area contributed by atoms with Gasteiger partial charge in [-0.25, -0.2) is 13.8 Å². The fourth-order valence-corrected chi connectivity index (χ4v) is 4.43. The molecule has 1 amide bonds. The molecule has 1 aromatic heterocycles. The summed E-state index contributed by atoms with van der Waals surface area (Å²) < 4.78 is 68.4. The van der Waals surface area contributed by atoms with Gasteiger partial charge >= 0.3 is 6.18 Å². The molecule has 5 nitrogen and oxygen atoms in total. The first kappa shape index (κ1) is 24.7. The van der Waals surface area contributed by atoms with E-state index in [4.69, 9.17) is 0 Å². The van der Waals surface area contributed by atoms with E-state index in [0.717, 1.165) is 18.2 Å². The largest absolute Gasteiger partial charge is 0.433 e. The van der Waals surface area contributed by atoms with E-state index in [9.17, 15) is 26.7 Å². The van der Waals surface area contributed by atoms with Gasteiger partial charge in [-0.2, -0.15) is 13.2 Å². The normalized spacial score (nSPS) is 18.4. The van der Waals surface area contributed by atoms with E-state index in [1.54, 1.807) is 24.3 Å². The maximum Gasteiger partial charge on any atom is 0.433 e. The fraction of sp³-hybridized carbons (Fsp3) is 0.360. The van der Waals surface area contributed by atoms with Gasteiger partial charge in [-0.15, -0.1) is 0 Å². The van der Waals surface area contributed by atoms with E-state index in [1.165, 1.54) is 19.0 Å². The second-order valence-corrected chi connectivity index (χ2v) is 8.92. The van der Waals surface area contributed by atoms with Crippen LogP contribution in [0.2, 0.25) is 0 Å². The van der Waals surface area contributed by atoms with Crippen molar-refractivity contribution >= 4 is 28.2 Å². The summed E-state index contributed by atoms with van der Waals surface area (Å²) in [5.74, 6) is -2.22. The van der Waals surface area contributed by atoms with Gasteiger partial charge in [-0.3, -0.25) is 4.79 Å². The third kappa shape index (κ3) is 5.47. The van der Waals surface area contributed by atoms with Gasteiger partial charge in [0.05, 0.1) is 5.52 Å². The lowest BCUT2D eigenvalue weighted by Crippen LogP contribution is -2.40. The Morgan fingerprint density at radius 1 is 0.971 bits per heavy atom. The number of amides is 1. The summed E-state index contributed by atoms with van der Waals surface area (Å²) in [6.45, 7) is 0. The standard InChI is InChI=1S/C25H25F5N4O/c1-34(2)23-18(26)11-14(12-19(23)27)24(35)32-16-9-7-15(8-10-16)31-21-13-22(25(28,29)30)33-20-6-4-3-5-17(20)21/h3-6,11-13,15-16H,7-10H2,1-2H3,(H,31,33)(H,32,35)/t15-,16+. The van der Waals surface area contributed by atoms with E-state index >= 15 is 0 Å². The zero-order valence-corrected chi connectivity index (χ0v) is 19.2. The number of anilines is 2. The zero-order valence-electron chi connectivity index (χ0n) is 19.2. The summed E-state index contributed by atoms with van der Waals surface area (Å²) in [4.78, 5) is 17.6. The van der Waals surface area contributed by atoms with Crippen LogP contribution in [0.25, 0.3) is 10.9 Å². The highest BCUT2D eigenvalue weighted by atomic mass is 19.4. The third-order valence-electron chi connectivity index (χ3n) is 6.15. The number of rotatable bonds is 5. The molecule has 1 aliphatic rings. The maximum atomic E-state index is 14.2. The van der Waals surface area contributed by atoms with Crippen molar-refractivity contribution in [2.24, 2.45) is 0 Å². The fourth-order valence-electron chi connectivity index (χ4n) is 4.43. The van der Waals surface area contributed by atoms with Gasteiger partial charge in [0.15, 0.2) is 0 Å². The molecule has 186 valence electrons. The van der Waals surface area contributed by atoms with Gasteiger partial charge in [0.1, 0.15) is 23.0 Å². The van der Waals surface area contributed by atoms with Crippen LogP contribution in [0.15, 0.2) is 42.5 Å². The highest BCUT2D eigenvalue weighted by Crippen LogP contribution is 2.34. The summed E-state index contributed by atoms with van der Waals surface area (Å²) in [5.41, 5.74) is -0.661. The maximum absolute atomic E-state index is 14.2. The first-order valence-corrected chi connectivity index (χ1v) is 11.2. The molecule has 1 fully saturated rings. The van der Waals surface area contributed by atoms with Crippen LogP contribution in [0.4, 0.5) is 33.3 Å². The number of carbonyl (C=O) groups excluding carboxylic acids is 1. The lowest BCUT2D eigenvalue weighted by Gasteiger charge is -2.31. The van der Waals surface area contributed by atoms with Crippen LogP contribution in [0, 0.1) is 11.6 Å². The molecule has 10 heteroatoms. The average Bonchev–Trinajstić information content (AvgIpc) is 2.79. The van der Waals surface area contributed by atoms with E-state index in [2.05, 4.69) is 15.6 Å². The molecule has 0 radical (unpaired) electrons. The summed E-state index contributed by atoms with van der Waals surface area (Å²) >= 11 is 0. The van der Waals surface area contributed by atoms with E-state index in [1.807, 2.05) is 0 Å². The van der Waals surface area contributed by atoms with Crippen molar-refractivity contribution in [1.29, 1.82) is 0 Å². The Morgan fingerprint density at radius 2 is 1.57 bits per heavy atom. The minimum absolute atomic E-state index is 0.0932. The smallest absolute Gasteiger partial charge is 0.382 e. The Kier molecular flexibility index (Phi) is 6.82. The van der Waals surface area contributed by atoms with Gasteiger partial charge in [-0.1, -0.05) is 18.2 Å². The molecule has 35 heavy (non-hydrogen) atoms. The van der Waals surface area contributed by atoms with Crippen LogP contribution >= 0.6 is 0 Å². The van der Waals surface area contributed by atoms with Crippen LogP contribution in [0.1, 0.15) is 41.7 Å². The minimum Gasteiger partial charge on any atom is -0.382 e. The average molecular weight is 492 g/mol. The predicted octanol–water partition coefficient (Wildman–Crippen LogP) is 5.75. The molecule has 4 rings (SSSR count). The molecule has 0 atom stereocenters. The summed E-state index contributed by atoms with van der Waals surface area (Å²) in [5, 5.41) is 6.62. The number of aromatic nitrogens is 1. The Balaban J connectivity index is 1.41. The van der Waals surface area contributed by atoms with Crippen molar-refractivity contribution in [2.75, 3.05) is 24.3 Å². The van der Waals surface area contributed by atoms with Crippen molar-refractivity contribution in [2.45, 2.75) is 43.9 Å². The number of fused-ring (bicyclic) bond motifs is 1. The van der Waals surface area contributed by atoms with E-state index in [0.29, 0.717) is 36.8 Å². The molecular weight excluding hydrogens is 467 g/mol. The SMILES string of the molecule is CN(C)c1c(F)cc(C(=O)N[C@H]2CC[C@@H](Nc3cc(C(F)(F)F)nc4ccccc34)CC2)cc1F. The van der Waals surface area contributed by atoms with Crippen molar-refractivity contribution < 1.29 is 26.7 Å². The number of pyridine rings is 1. The number of nitrogens with zero attached hydrogens (tertiary/aromatic N) is 2. The topological polar surface area (TPSA) is 57.3 Å². The number of nitrogens with one attached hydrogen (secondary N) is 2. The number of hydrogen-bond acceptors (Lipinski definition) is 4. The molecule has 3 aromatic rings. The highest BCUT2D eigenvalue weighted by Gasteiger charge is 2.34. The minimum atomic E-state index is -4.56. The Labute approximate surface area is 199 Å². The van der Waals surface area contributed by atoms with Crippen LogP contribution in [0.3, 0.4) is 0 Å². The number of halogens is 5. The van der Waals surface area contributed by atoms with Crippen LogP contribution in [-0.2, 0) is 6.18 Å². The predicted molar refractivity (Wildman–Crippen MR) is 125 cm³/mol. The van der Waals surface area contributed by atoms with Gasteiger partial charge in [-0.05, 0) is 49.9 Å². The molecule has 1 saturated carbocycles. The van der Waals surface area contributed by atoms with Crippen LogP contribution in [-0.4, -0.2) is 37.1 Å². The highest BCUT2D eigenvalue weighted by molar-refractivity contribution is 5.95. The van der Waals surface area contributed by atoms with Crippen molar-refractivity contribution in [1.82, 2.24) is 10.3 Å². The van der Waals surface area contributed by atoms with Crippen LogP contribution in [0.5, 0.6) is 0 Å². The number of carbonyl (C=O) groups is 1. The lowest BCUT2D eigenvalue weighted by atomic mass is 9.90. The Bertz CT molecular complexity index is 1210. The molecule has 0 aliphatic heterocycles. The molecule has 1 aliphatic carbocycles. The molecule has 2 aromatic carbocycles. The lowest BCUT2D eigenvalue weighted by molar-refractivity contribution is -0.140. The van der Waals surface area contributed by atoms with Crippen molar-refractivity contribution in [3.05, 3.63) is 65.4 Å². The number of hydrogen-bond donors (Lipinski definition) is 2. The molecule has 0 saturated heterocycles. The molecule has 0 unspecified atom stereocenters. The zero-order chi connectivity index (χ0) is 25.3. The number of benzene rings is 2. The first-order chi connectivity index (χ1) is 16.5. The monoisotopic (exact) mass is 492 g/mol. The van der Waals surface area contributed by atoms with Gasteiger partial charge in [0.2, 0.25) is 0 Å². The first-order valence-electron chi connectivity index (χ1n) is 11.2. The molecule has 2 N–H and O–H groups in total. The Morgan fingerprint density at radius 3 is 2.17 bits per heavy atom. The molecular formula is C25H25F5N4O. The summed E-state index contributed by atoms with van der Waals surface area (Å²) in [6.07, 6.45) is -2.22. The second-order valence-electron chi connectivity index (χ2n) is 8.92. The Hall–Kier alpha value is -3.43. The quantitative estimate of drug-likeness (QED) is 0.446. The number of alkyl halides is 3. The van der Waals surface area contributed by atoms with Crippen molar-refractivity contribution in [3.63, 3.8) is 0 Å². The van der Waals surface area contributed by atoms with E-state index < -0.39 is 29.4 Å². The molecule has 0 bridgehead atoms. The van der Waals surface area contributed by atoms with Gasteiger partial charge in [0, 0.05) is 42.8 Å². The van der Waals surface area contributed by atoms with Crippen LogP contribution < -0.4 is 15.5 Å². The molecule has 0 spiro atoms. The number of para-hydroxylation sites is 1. The van der Waals surface area contributed by atoms with Gasteiger partial charge in [0.25, 0.3) is 5.91 Å². The summed E-state index contributed by atoms with van der Waals surface area (Å²) in [7, 11) is 3.01. The summed E-state index contributed by atoms with van der Waals surface area (Å²) in [6, 6.07) is 9.38.